The van der Waals surface area contributed by atoms with Crippen LogP contribution in [0.5, 0.6) is 0 Å². The monoisotopic (exact) mass is 297 g/mol. The summed E-state index contributed by atoms with van der Waals surface area (Å²) in [6.45, 7) is 3.80. The summed E-state index contributed by atoms with van der Waals surface area (Å²) < 4.78 is 9.56. The quantitative estimate of drug-likeness (QED) is 0.257. The molecule has 0 aliphatic heterocycles. The molecule has 0 amide bonds. The van der Waals surface area contributed by atoms with Crippen LogP contribution in [0.15, 0.2) is 12.2 Å². The summed E-state index contributed by atoms with van der Waals surface area (Å²) in [5.41, 5.74) is -2.76. The molecular formula is C14H19NO6. The van der Waals surface area contributed by atoms with E-state index in [9.17, 15) is 19.7 Å². The Bertz CT molecular complexity index is 498. The molecule has 0 aromatic heterocycles. The van der Waals surface area contributed by atoms with Gasteiger partial charge in [0.15, 0.2) is 5.41 Å². The number of ether oxygens (including phenoxy) is 2. The highest BCUT2D eigenvalue weighted by molar-refractivity contribution is 6.02. The molecule has 0 heterocycles. The molecule has 0 bridgehead atoms. The van der Waals surface area contributed by atoms with Gasteiger partial charge in [-0.2, -0.15) is 0 Å². The highest BCUT2D eigenvalue weighted by Gasteiger charge is 2.73. The molecule has 0 unspecified atom stereocenters. The fourth-order valence-corrected chi connectivity index (χ4v) is 4.07. The number of hydrogen-bond acceptors (Lipinski definition) is 6. The van der Waals surface area contributed by atoms with Crippen LogP contribution >= 0.6 is 0 Å². The van der Waals surface area contributed by atoms with Gasteiger partial charge in [0.25, 0.3) is 0 Å². The van der Waals surface area contributed by atoms with Crippen LogP contribution in [0.2, 0.25) is 0 Å². The summed E-state index contributed by atoms with van der Waals surface area (Å²) >= 11 is 0. The minimum Gasteiger partial charge on any atom is -0.468 e. The highest BCUT2D eigenvalue weighted by atomic mass is 16.6. The summed E-state index contributed by atoms with van der Waals surface area (Å²) in [6.07, 6.45) is 2.01. The van der Waals surface area contributed by atoms with Crippen molar-refractivity contribution in [3.05, 3.63) is 22.3 Å². The number of nitro groups is 1. The Morgan fingerprint density at radius 1 is 1.29 bits per heavy atom. The van der Waals surface area contributed by atoms with Crippen molar-refractivity contribution in [1.29, 1.82) is 0 Å². The molecule has 2 atom stereocenters. The molecule has 7 nitrogen and oxygen atoms in total. The third kappa shape index (κ3) is 1.79. The van der Waals surface area contributed by atoms with Gasteiger partial charge in [0.05, 0.1) is 20.1 Å². The second kappa shape index (κ2) is 5.13. The number of carbonyl (C=O) groups excluding carboxylic acids is 2. The maximum Gasteiger partial charge on any atom is 0.324 e. The van der Waals surface area contributed by atoms with Gasteiger partial charge in [0.1, 0.15) is 0 Å². The van der Waals surface area contributed by atoms with Crippen LogP contribution in [0.1, 0.15) is 32.1 Å². The lowest BCUT2D eigenvalue weighted by molar-refractivity contribution is -0.571. The largest absolute Gasteiger partial charge is 0.468 e. The standard InChI is InChI=1S/C14H19NO6/c1-9-8-13(11(16)20-2,12(17)21-3)10-6-4-5-7-14(9,10)15(18)19/h10H,1,4-8H2,2-3H3/t10-,14-/m0/s1. The van der Waals surface area contributed by atoms with E-state index in [0.717, 1.165) is 6.42 Å². The molecule has 0 aromatic carbocycles. The Morgan fingerprint density at radius 3 is 2.33 bits per heavy atom. The first-order chi connectivity index (χ1) is 9.87. The van der Waals surface area contributed by atoms with Gasteiger partial charge >= 0.3 is 11.9 Å². The normalized spacial score (nSPS) is 30.4. The fraction of sp³-hybridized carbons (Fsp3) is 0.714. The molecule has 7 heteroatoms. The molecule has 2 aliphatic rings. The van der Waals surface area contributed by atoms with Crippen LogP contribution in [0.25, 0.3) is 0 Å². The summed E-state index contributed by atoms with van der Waals surface area (Å²) in [5, 5.41) is 11.7. The van der Waals surface area contributed by atoms with Crippen LogP contribution in [-0.4, -0.2) is 36.6 Å². The van der Waals surface area contributed by atoms with E-state index in [2.05, 4.69) is 6.58 Å². The van der Waals surface area contributed by atoms with Crippen molar-refractivity contribution in [3.8, 4) is 0 Å². The number of fused-ring (bicyclic) bond motifs is 1. The number of esters is 2. The van der Waals surface area contributed by atoms with Gasteiger partial charge in [-0.3, -0.25) is 19.7 Å². The van der Waals surface area contributed by atoms with Gasteiger partial charge in [-0.15, -0.1) is 0 Å². The zero-order valence-electron chi connectivity index (χ0n) is 12.2. The van der Waals surface area contributed by atoms with E-state index in [1.54, 1.807) is 0 Å². The number of nitrogens with zero attached hydrogens (tertiary/aromatic N) is 1. The van der Waals surface area contributed by atoms with Crippen LogP contribution in [-0.2, 0) is 19.1 Å². The Kier molecular flexibility index (Phi) is 3.78. The first kappa shape index (κ1) is 15.5. The lowest BCUT2D eigenvalue weighted by Gasteiger charge is -2.37. The molecule has 0 radical (unpaired) electrons. The van der Waals surface area contributed by atoms with Gasteiger partial charge in [0, 0.05) is 23.3 Å². The third-order valence-electron chi connectivity index (χ3n) is 5.00. The number of rotatable bonds is 3. The molecule has 21 heavy (non-hydrogen) atoms. The van der Waals surface area contributed by atoms with Crippen molar-refractivity contribution in [2.24, 2.45) is 11.3 Å². The molecule has 2 aliphatic carbocycles. The third-order valence-corrected chi connectivity index (χ3v) is 5.00. The van der Waals surface area contributed by atoms with Crippen LogP contribution in [0.3, 0.4) is 0 Å². The first-order valence-corrected chi connectivity index (χ1v) is 6.87. The van der Waals surface area contributed by atoms with E-state index < -0.39 is 28.8 Å². The van der Waals surface area contributed by atoms with Crippen LogP contribution < -0.4 is 0 Å². The maximum absolute atomic E-state index is 12.3. The van der Waals surface area contributed by atoms with E-state index >= 15 is 0 Å². The molecule has 2 saturated carbocycles. The highest BCUT2D eigenvalue weighted by Crippen LogP contribution is 2.60. The average molecular weight is 297 g/mol. The van der Waals surface area contributed by atoms with Gasteiger partial charge in [-0.05, 0) is 12.8 Å². The summed E-state index contributed by atoms with van der Waals surface area (Å²) in [7, 11) is 2.34. The summed E-state index contributed by atoms with van der Waals surface area (Å²) in [4.78, 5) is 36.0. The van der Waals surface area contributed by atoms with Gasteiger partial charge in [-0.1, -0.05) is 13.0 Å². The molecule has 2 fully saturated rings. The van der Waals surface area contributed by atoms with Crippen molar-refractivity contribution >= 4 is 11.9 Å². The number of methoxy groups -OCH3 is 2. The Morgan fingerprint density at radius 2 is 1.86 bits per heavy atom. The van der Waals surface area contributed by atoms with E-state index in [1.807, 2.05) is 0 Å². The van der Waals surface area contributed by atoms with Gasteiger partial charge < -0.3 is 9.47 Å². The van der Waals surface area contributed by atoms with Gasteiger partial charge in [-0.25, -0.2) is 0 Å². The van der Waals surface area contributed by atoms with Crippen molar-refractivity contribution in [1.82, 2.24) is 0 Å². The Hall–Kier alpha value is -1.92. The predicted octanol–water partition coefficient (Wildman–Crippen LogP) is 1.48. The minimum absolute atomic E-state index is 0.0853. The van der Waals surface area contributed by atoms with Crippen molar-refractivity contribution in [2.45, 2.75) is 37.6 Å². The maximum atomic E-state index is 12.3. The van der Waals surface area contributed by atoms with E-state index in [-0.39, 0.29) is 11.3 Å². The lowest BCUT2D eigenvalue weighted by Crippen LogP contribution is -2.54. The van der Waals surface area contributed by atoms with Gasteiger partial charge in [0.2, 0.25) is 5.54 Å². The smallest absolute Gasteiger partial charge is 0.324 e. The Balaban J connectivity index is 2.63. The SMILES string of the molecule is C=C1CC(C(=O)OC)(C(=O)OC)[C@@H]2CCCC[C@]12[N+](=O)[O-]. The Labute approximate surface area is 122 Å². The molecular weight excluding hydrogens is 278 g/mol. The zero-order chi connectivity index (χ0) is 15.8. The minimum atomic E-state index is -1.64. The molecule has 0 N–H and O–H groups in total. The van der Waals surface area contributed by atoms with Crippen LogP contribution in [0.4, 0.5) is 0 Å². The summed E-state index contributed by atoms with van der Waals surface area (Å²) in [5.74, 6) is -2.31. The lowest BCUT2D eigenvalue weighted by atomic mass is 9.65. The second-order valence-electron chi connectivity index (χ2n) is 5.71. The van der Waals surface area contributed by atoms with E-state index in [4.69, 9.17) is 9.47 Å². The molecule has 116 valence electrons. The molecule has 2 rings (SSSR count). The molecule has 0 aromatic rings. The first-order valence-electron chi connectivity index (χ1n) is 6.87. The molecule has 0 saturated heterocycles. The van der Waals surface area contributed by atoms with Crippen molar-refractivity contribution < 1.29 is 24.0 Å². The number of carbonyl (C=O) groups is 2. The topological polar surface area (TPSA) is 95.7 Å². The summed E-state index contributed by atoms with van der Waals surface area (Å²) in [6, 6.07) is 0. The van der Waals surface area contributed by atoms with Crippen molar-refractivity contribution in [2.75, 3.05) is 14.2 Å². The predicted molar refractivity (Wildman–Crippen MR) is 71.9 cm³/mol. The number of hydrogen-bond donors (Lipinski definition) is 0. The zero-order valence-corrected chi connectivity index (χ0v) is 12.2. The molecule has 0 spiro atoms. The second-order valence-corrected chi connectivity index (χ2v) is 5.71. The fourth-order valence-electron chi connectivity index (χ4n) is 4.07. The van der Waals surface area contributed by atoms with Crippen molar-refractivity contribution in [3.63, 3.8) is 0 Å². The van der Waals surface area contributed by atoms with E-state index in [1.165, 1.54) is 14.2 Å². The van der Waals surface area contributed by atoms with E-state index in [0.29, 0.717) is 24.8 Å². The van der Waals surface area contributed by atoms with Crippen LogP contribution in [0, 0.1) is 21.4 Å². The average Bonchev–Trinajstić information content (AvgIpc) is 2.77.